The molecule has 0 radical (unpaired) electrons. The Labute approximate surface area is 152 Å². The summed E-state index contributed by atoms with van der Waals surface area (Å²) in [6.07, 6.45) is 7.28. The van der Waals surface area contributed by atoms with Gasteiger partial charge in [0, 0.05) is 31.5 Å². The zero-order valence-electron chi connectivity index (χ0n) is 13.5. The van der Waals surface area contributed by atoms with Crippen molar-refractivity contribution < 1.29 is 0 Å². The average Bonchev–Trinajstić information content (AvgIpc) is 2.59. The molecule has 2 aromatic heterocycles. The Morgan fingerprint density at radius 2 is 2.08 bits per heavy atom. The molecule has 2 N–H and O–H groups in total. The van der Waals surface area contributed by atoms with Crippen LogP contribution in [0.3, 0.4) is 0 Å². The first-order valence-corrected chi connectivity index (χ1v) is 8.75. The minimum atomic E-state index is 0.349. The van der Waals surface area contributed by atoms with Gasteiger partial charge in [-0.05, 0) is 55.7 Å². The summed E-state index contributed by atoms with van der Waals surface area (Å²) in [6.45, 7) is 3.82. The molecule has 3 heterocycles. The van der Waals surface area contributed by atoms with Gasteiger partial charge >= 0.3 is 0 Å². The molecule has 5 nitrogen and oxygen atoms in total. The van der Waals surface area contributed by atoms with E-state index >= 15 is 0 Å². The second-order valence-corrected chi connectivity index (χ2v) is 6.65. The highest BCUT2D eigenvalue weighted by Gasteiger charge is 2.22. The molecule has 3 rings (SSSR count). The predicted octanol–water partition coefficient (Wildman–Crippen LogP) is 3.39. The fraction of sp³-hybridized carbons (Fsp3) is 0.353. The third-order valence-electron chi connectivity index (χ3n) is 4.11. The van der Waals surface area contributed by atoms with Crippen LogP contribution in [0.1, 0.15) is 18.4 Å². The normalized spacial score (nSPS) is 15.2. The van der Waals surface area contributed by atoms with Crippen molar-refractivity contribution in [2.75, 3.05) is 23.3 Å². The maximum Gasteiger partial charge on any atom is 0.171 e. The SMILES string of the molecule is Cc1ccnc(N2CCC(NC(=S)Nc3cccnc3)CC2)c1Cl. The Kier molecular flexibility index (Phi) is 5.48. The van der Waals surface area contributed by atoms with Crippen molar-refractivity contribution >= 4 is 40.4 Å². The number of rotatable bonds is 3. The smallest absolute Gasteiger partial charge is 0.171 e. The Bertz CT molecular complexity index is 701. The summed E-state index contributed by atoms with van der Waals surface area (Å²) in [5.41, 5.74) is 1.95. The van der Waals surface area contributed by atoms with Crippen LogP contribution in [-0.4, -0.2) is 34.2 Å². The van der Waals surface area contributed by atoms with Gasteiger partial charge in [0.15, 0.2) is 5.11 Å². The van der Waals surface area contributed by atoms with E-state index in [2.05, 4.69) is 25.5 Å². The lowest BCUT2D eigenvalue weighted by molar-refractivity contribution is 0.466. The summed E-state index contributed by atoms with van der Waals surface area (Å²) in [5, 5.41) is 7.92. The number of aromatic nitrogens is 2. The van der Waals surface area contributed by atoms with Crippen LogP contribution >= 0.6 is 23.8 Å². The Morgan fingerprint density at radius 1 is 1.29 bits per heavy atom. The van der Waals surface area contributed by atoms with Crippen molar-refractivity contribution in [3.8, 4) is 0 Å². The zero-order chi connectivity index (χ0) is 16.9. The quantitative estimate of drug-likeness (QED) is 0.817. The molecule has 0 saturated carbocycles. The lowest BCUT2D eigenvalue weighted by Gasteiger charge is -2.34. The summed E-state index contributed by atoms with van der Waals surface area (Å²) < 4.78 is 0. The summed E-state index contributed by atoms with van der Waals surface area (Å²) in [4.78, 5) is 10.7. The summed E-state index contributed by atoms with van der Waals surface area (Å²) in [5.74, 6) is 0.881. The number of pyridine rings is 2. The molecule has 7 heteroatoms. The maximum absolute atomic E-state index is 6.38. The topological polar surface area (TPSA) is 53.1 Å². The molecule has 1 saturated heterocycles. The first kappa shape index (κ1) is 16.9. The van der Waals surface area contributed by atoms with Crippen molar-refractivity contribution in [1.29, 1.82) is 0 Å². The molecule has 0 atom stereocenters. The van der Waals surface area contributed by atoms with E-state index in [1.165, 1.54) is 0 Å². The zero-order valence-corrected chi connectivity index (χ0v) is 15.1. The van der Waals surface area contributed by atoms with E-state index in [0.29, 0.717) is 11.2 Å². The second-order valence-electron chi connectivity index (χ2n) is 5.87. The molecule has 0 aliphatic carbocycles. The van der Waals surface area contributed by atoms with E-state index in [-0.39, 0.29) is 0 Å². The number of thiocarbonyl (C=S) groups is 1. The lowest BCUT2D eigenvalue weighted by Crippen LogP contribution is -2.46. The molecule has 24 heavy (non-hydrogen) atoms. The summed E-state index contributed by atoms with van der Waals surface area (Å²) in [6, 6.07) is 6.10. The van der Waals surface area contributed by atoms with Gasteiger partial charge in [-0.25, -0.2) is 4.98 Å². The van der Waals surface area contributed by atoms with Gasteiger partial charge in [-0.3, -0.25) is 4.98 Å². The van der Waals surface area contributed by atoms with Gasteiger partial charge in [-0.2, -0.15) is 0 Å². The van der Waals surface area contributed by atoms with Crippen LogP contribution in [0.4, 0.5) is 11.5 Å². The van der Waals surface area contributed by atoms with E-state index < -0.39 is 0 Å². The van der Waals surface area contributed by atoms with Crippen molar-refractivity contribution in [1.82, 2.24) is 15.3 Å². The number of halogens is 1. The number of aryl methyl sites for hydroxylation is 1. The molecule has 0 amide bonds. The number of hydrogen-bond donors (Lipinski definition) is 2. The number of anilines is 2. The standard InChI is InChI=1S/C17H20ClN5S/c1-12-4-8-20-16(15(12)18)23-9-5-13(6-10-23)21-17(24)22-14-3-2-7-19-11-14/h2-4,7-8,11,13H,5-6,9-10H2,1H3,(H2,21,22,24). The fourth-order valence-corrected chi connectivity index (χ4v) is 3.29. The maximum atomic E-state index is 6.38. The van der Waals surface area contributed by atoms with E-state index in [9.17, 15) is 0 Å². The molecular formula is C17H20ClN5S. The number of nitrogens with one attached hydrogen (secondary N) is 2. The molecule has 0 aromatic carbocycles. The molecule has 2 aromatic rings. The van der Waals surface area contributed by atoms with Gasteiger partial charge in [0.1, 0.15) is 5.82 Å². The summed E-state index contributed by atoms with van der Waals surface area (Å²) in [7, 11) is 0. The highest BCUT2D eigenvalue weighted by molar-refractivity contribution is 7.80. The van der Waals surface area contributed by atoms with E-state index in [4.69, 9.17) is 23.8 Å². The minimum absolute atomic E-state index is 0.349. The highest BCUT2D eigenvalue weighted by atomic mass is 35.5. The Morgan fingerprint density at radius 3 is 2.79 bits per heavy atom. The van der Waals surface area contributed by atoms with Crippen LogP contribution in [0.15, 0.2) is 36.8 Å². The lowest BCUT2D eigenvalue weighted by atomic mass is 10.1. The number of nitrogens with zero attached hydrogens (tertiary/aromatic N) is 3. The molecule has 1 aliphatic heterocycles. The first-order chi connectivity index (χ1) is 11.6. The van der Waals surface area contributed by atoms with Gasteiger partial charge < -0.3 is 15.5 Å². The molecule has 1 aliphatic rings. The van der Waals surface area contributed by atoms with Crippen LogP contribution in [0.25, 0.3) is 0 Å². The van der Waals surface area contributed by atoms with Crippen molar-refractivity contribution in [2.24, 2.45) is 0 Å². The molecule has 0 bridgehead atoms. The summed E-state index contributed by atoms with van der Waals surface area (Å²) >= 11 is 11.8. The monoisotopic (exact) mass is 361 g/mol. The molecule has 0 unspecified atom stereocenters. The van der Waals surface area contributed by atoms with Crippen molar-refractivity contribution in [3.63, 3.8) is 0 Å². The molecule has 126 valence electrons. The van der Waals surface area contributed by atoms with Crippen LogP contribution < -0.4 is 15.5 Å². The Hall–Kier alpha value is -1.92. The van der Waals surface area contributed by atoms with Crippen LogP contribution in [0.5, 0.6) is 0 Å². The van der Waals surface area contributed by atoms with E-state index in [1.807, 2.05) is 31.3 Å². The Balaban J connectivity index is 1.52. The largest absolute Gasteiger partial charge is 0.360 e. The third kappa shape index (κ3) is 4.13. The highest BCUT2D eigenvalue weighted by Crippen LogP contribution is 2.28. The van der Waals surface area contributed by atoms with Gasteiger partial charge in [-0.1, -0.05) is 11.6 Å². The van der Waals surface area contributed by atoms with Crippen LogP contribution in [0, 0.1) is 6.92 Å². The molecule has 0 spiro atoms. The van der Waals surface area contributed by atoms with Crippen LogP contribution in [-0.2, 0) is 0 Å². The van der Waals surface area contributed by atoms with E-state index in [1.54, 1.807) is 12.4 Å². The van der Waals surface area contributed by atoms with Crippen molar-refractivity contribution in [3.05, 3.63) is 47.4 Å². The van der Waals surface area contributed by atoms with Gasteiger partial charge in [0.05, 0.1) is 16.9 Å². The minimum Gasteiger partial charge on any atom is -0.360 e. The van der Waals surface area contributed by atoms with Gasteiger partial charge in [0.25, 0.3) is 0 Å². The fourth-order valence-electron chi connectivity index (χ4n) is 2.77. The molecular weight excluding hydrogens is 342 g/mol. The first-order valence-electron chi connectivity index (χ1n) is 7.97. The molecule has 1 fully saturated rings. The average molecular weight is 362 g/mol. The van der Waals surface area contributed by atoms with E-state index in [0.717, 1.165) is 48.0 Å². The number of hydrogen-bond acceptors (Lipinski definition) is 4. The van der Waals surface area contributed by atoms with Crippen molar-refractivity contribution in [2.45, 2.75) is 25.8 Å². The second kappa shape index (κ2) is 7.77. The third-order valence-corrected chi connectivity index (χ3v) is 4.80. The van der Waals surface area contributed by atoms with Gasteiger partial charge in [0.2, 0.25) is 0 Å². The number of piperidine rings is 1. The van der Waals surface area contributed by atoms with Gasteiger partial charge in [-0.15, -0.1) is 0 Å². The predicted molar refractivity (Wildman–Crippen MR) is 103 cm³/mol. The van der Waals surface area contributed by atoms with Crippen LogP contribution in [0.2, 0.25) is 5.02 Å².